The van der Waals surface area contributed by atoms with E-state index in [1.54, 1.807) is 7.05 Å². The SMILES string of the molecule is CN(C=O)CC[C@@H](O)C#Cc1cccc(-c2nc(Cl)nc3c2ccn3C)c1. The fraction of sp³-hybridized carbons (Fsp3) is 0.250. The molecule has 0 saturated heterocycles. The summed E-state index contributed by atoms with van der Waals surface area (Å²) in [6.07, 6.45) is 2.23. The maximum atomic E-state index is 10.6. The largest absolute Gasteiger partial charge is 0.380 e. The molecule has 3 rings (SSSR count). The fourth-order valence-corrected chi connectivity index (χ4v) is 2.86. The molecule has 0 unspecified atom stereocenters. The van der Waals surface area contributed by atoms with Crippen molar-refractivity contribution in [2.75, 3.05) is 13.6 Å². The summed E-state index contributed by atoms with van der Waals surface area (Å²) in [7, 11) is 3.56. The number of aliphatic hydroxyl groups excluding tert-OH is 1. The van der Waals surface area contributed by atoms with Crippen LogP contribution < -0.4 is 0 Å². The van der Waals surface area contributed by atoms with Gasteiger partial charge >= 0.3 is 0 Å². The summed E-state index contributed by atoms with van der Waals surface area (Å²) in [5.74, 6) is 5.79. The van der Waals surface area contributed by atoms with Crippen molar-refractivity contribution in [3.8, 4) is 23.1 Å². The number of hydrogen-bond acceptors (Lipinski definition) is 4. The second kappa shape index (κ2) is 8.21. The minimum atomic E-state index is -0.801. The molecule has 1 aromatic carbocycles. The quantitative estimate of drug-likeness (QED) is 0.418. The van der Waals surface area contributed by atoms with Gasteiger partial charge in [0.05, 0.1) is 5.69 Å². The average molecular weight is 383 g/mol. The van der Waals surface area contributed by atoms with Gasteiger partial charge in [0.15, 0.2) is 0 Å². The van der Waals surface area contributed by atoms with Gasteiger partial charge in [-0.3, -0.25) is 4.79 Å². The summed E-state index contributed by atoms with van der Waals surface area (Å²) in [5.41, 5.74) is 3.13. The van der Waals surface area contributed by atoms with Gasteiger partial charge in [0.2, 0.25) is 11.7 Å². The van der Waals surface area contributed by atoms with E-state index in [1.165, 1.54) is 4.90 Å². The summed E-state index contributed by atoms with van der Waals surface area (Å²) < 4.78 is 1.89. The first kappa shape index (κ1) is 18.9. The van der Waals surface area contributed by atoms with Crippen LogP contribution in [0.3, 0.4) is 0 Å². The van der Waals surface area contributed by atoms with Crippen molar-refractivity contribution < 1.29 is 9.90 Å². The summed E-state index contributed by atoms with van der Waals surface area (Å²) in [6.45, 7) is 0.449. The number of hydrogen-bond donors (Lipinski definition) is 1. The molecule has 7 heteroatoms. The van der Waals surface area contributed by atoms with Gasteiger partial charge < -0.3 is 14.6 Å². The molecule has 6 nitrogen and oxygen atoms in total. The first-order valence-electron chi connectivity index (χ1n) is 8.42. The minimum Gasteiger partial charge on any atom is -0.380 e. The normalized spacial score (nSPS) is 11.7. The van der Waals surface area contributed by atoms with Crippen LogP contribution in [0.15, 0.2) is 36.5 Å². The Kier molecular flexibility index (Phi) is 5.75. The van der Waals surface area contributed by atoms with Crippen LogP contribution in [-0.2, 0) is 11.8 Å². The van der Waals surface area contributed by atoms with Crippen LogP contribution in [0.5, 0.6) is 0 Å². The van der Waals surface area contributed by atoms with E-state index in [-0.39, 0.29) is 5.28 Å². The third kappa shape index (κ3) is 4.45. The molecular weight excluding hydrogens is 364 g/mol. The van der Waals surface area contributed by atoms with Crippen LogP contribution in [0.2, 0.25) is 5.28 Å². The Morgan fingerprint density at radius 1 is 1.37 bits per heavy atom. The van der Waals surface area contributed by atoms with Crippen molar-refractivity contribution >= 4 is 29.0 Å². The Hall–Kier alpha value is -2.88. The molecule has 0 aliphatic carbocycles. The molecule has 3 aromatic rings. The zero-order valence-corrected chi connectivity index (χ0v) is 15.8. The molecule has 0 bridgehead atoms. The molecule has 2 heterocycles. The van der Waals surface area contributed by atoms with E-state index in [0.717, 1.165) is 34.3 Å². The highest BCUT2D eigenvalue weighted by Crippen LogP contribution is 2.28. The third-order valence-electron chi connectivity index (χ3n) is 4.15. The van der Waals surface area contributed by atoms with Gasteiger partial charge in [-0.1, -0.05) is 24.0 Å². The number of aryl methyl sites for hydroxylation is 1. The van der Waals surface area contributed by atoms with E-state index >= 15 is 0 Å². The van der Waals surface area contributed by atoms with Crippen LogP contribution in [0.1, 0.15) is 12.0 Å². The molecule has 1 amide bonds. The average Bonchev–Trinajstić information content (AvgIpc) is 3.04. The van der Waals surface area contributed by atoms with E-state index in [4.69, 9.17) is 11.6 Å². The maximum absolute atomic E-state index is 10.6. The second-order valence-electron chi connectivity index (χ2n) is 6.25. The first-order chi connectivity index (χ1) is 13.0. The number of fused-ring (bicyclic) bond motifs is 1. The lowest BCUT2D eigenvalue weighted by atomic mass is 10.1. The van der Waals surface area contributed by atoms with Crippen LogP contribution in [0, 0.1) is 11.8 Å². The first-order valence-corrected chi connectivity index (χ1v) is 8.80. The summed E-state index contributed by atoms with van der Waals surface area (Å²) in [5, 5.41) is 11.1. The lowest BCUT2D eigenvalue weighted by molar-refractivity contribution is -0.117. The molecular formula is C20H19ClN4O2. The number of carbonyl (C=O) groups is 1. The molecule has 0 spiro atoms. The molecule has 138 valence electrons. The number of halogens is 1. The van der Waals surface area contributed by atoms with Crippen LogP contribution >= 0.6 is 11.6 Å². The van der Waals surface area contributed by atoms with Crippen molar-refractivity contribution in [1.29, 1.82) is 0 Å². The van der Waals surface area contributed by atoms with Crippen LogP contribution in [-0.4, -0.2) is 50.6 Å². The monoisotopic (exact) mass is 382 g/mol. The van der Waals surface area contributed by atoms with E-state index < -0.39 is 6.10 Å². The van der Waals surface area contributed by atoms with Gasteiger partial charge in [-0.15, -0.1) is 0 Å². The summed E-state index contributed by atoms with van der Waals surface area (Å²) in [4.78, 5) is 20.7. The Balaban J connectivity index is 1.87. The van der Waals surface area contributed by atoms with Crippen LogP contribution in [0.4, 0.5) is 0 Å². The standard InChI is InChI=1S/C20H19ClN4O2/c1-24(13-26)10-8-16(27)7-6-14-4-3-5-15(12-14)18-17-9-11-25(2)19(17)23-20(21)22-18/h3-5,9,11-13,16,27H,8,10H2,1-2H3/t16-/m0/s1. The smallest absolute Gasteiger partial charge is 0.224 e. The Morgan fingerprint density at radius 3 is 2.96 bits per heavy atom. The molecule has 27 heavy (non-hydrogen) atoms. The predicted molar refractivity (Wildman–Crippen MR) is 105 cm³/mol. The zero-order valence-electron chi connectivity index (χ0n) is 15.1. The molecule has 0 fully saturated rings. The van der Waals surface area contributed by atoms with Gasteiger partial charge in [-0.2, -0.15) is 4.98 Å². The van der Waals surface area contributed by atoms with E-state index in [2.05, 4.69) is 21.8 Å². The fourth-order valence-electron chi connectivity index (χ4n) is 2.69. The zero-order chi connectivity index (χ0) is 19.4. The Bertz CT molecular complexity index is 1040. The molecule has 1 atom stereocenters. The highest BCUT2D eigenvalue weighted by atomic mass is 35.5. The van der Waals surface area contributed by atoms with E-state index in [0.29, 0.717) is 13.0 Å². The molecule has 1 N–H and O–H groups in total. The van der Waals surface area contributed by atoms with Gasteiger partial charge in [-0.05, 0) is 29.8 Å². The van der Waals surface area contributed by atoms with Gasteiger partial charge in [-0.25, -0.2) is 4.98 Å². The molecule has 2 aromatic heterocycles. The number of aliphatic hydroxyl groups is 1. The van der Waals surface area contributed by atoms with E-state index in [9.17, 15) is 9.90 Å². The van der Waals surface area contributed by atoms with Crippen molar-refractivity contribution in [3.05, 3.63) is 47.4 Å². The molecule has 0 aliphatic rings. The minimum absolute atomic E-state index is 0.186. The Morgan fingerprint density at radius 2 is 2.19 bits per heavy atom. The topological polar surface area (TPSA) is 71.2 Å². The van der Waals surface area contributed by atoms with Crippen molar-refractivity contribution in [2.24, 2.45) is 7.05 Å². The molecule has 0 saturated carbocycles. The lowest BCUT2D eigenvalue weighted by Gasteiger charge is -2.10. The second-order valence-corrected chi connectivity index (χ2v) is 6.58. The number of amides is 1. The van der Waals surface area contributed by atoms with Crippen LogP contribution in [0.25, 0.3) is 22.3 Å². The highest BCUT2D eigenvalue weighted by molar-refractivity contribution is 6.28. The van der Waals surface area contributed by atoms with Crippen molar-refractivity contribution in [2.45, 2.75) is 12.5 Å². The molecule has 0 aliphatic heterocycles. The summed E-state index contributed by atoms with van der Waals surface area (Å²) in [6, 6.07) is 9.54. The predicted octanol–water partition coefficient (Wildman–Crippen LogP) is 2.48. The molecule has 0 radical (unpaired) electrons. The van der Waals surface area contributed by atoms with Gasteiger partial charge in [0.25, 0.3) is 0 Å². The Labute approximate surface area is 162 Å². The van der Waals surface area contributed by atoms with Crippen molar-refractivity contribution in [3.63, 3.8) is 0 Å². The van der Waals surface area contributed by atoms with Crippen molar-refractivity contribution in [1.82, 2.24) is 19.4 Å². The summed E-state index contributed by atoms with van der Waals surface area (Å²) >= 11 is 6.09. The lowest BCUT2D eigenvalue weighted by Crippen LogP contribution is -2.21. The van der Waals surface area contributed by atoms with E-state index in [1.807, 2.05) is 48.1 Å². The third-order valence-corrected chi connectivity index (χ3v) is 4.32. The van der Waals surface area contributed by atoms with Gasteiger partial charge in [0, 0.05) is 49.8 Å². The number of nitrogens with zero attached hydrogens (tertiary/aromatic N) is 4. The maximum Gasteiger partial charge on any atom is 0.224 e. The number of rotatable bonds is 5. The highest BCUT2D eigenvalue weighted by Gasteiger charge is 2.11. The van der Waals surface area contributed by atoms with Gasteiger partial charge in [0.1, 0.15) is 11.8 Å². The number of benzene rings is 1. The number of carbonyl (C=O) groups excluding carboxylic acids is 1. The number of aromatic nitrogens is 3.